The van der Waals surface area contributed by atoms with Crippen molar-refractivity contribution in [2.24, 2.45) is 23.5 Å². The van der Waals surface area contributed by atoms with E-state index in [4.69, 9.17) is 5.73 Å². The third-order valence-electron chi connectivity index (χ3n) is 5.31. The van der Waals surface area contributed by atoms with Crippen LogP contribution in [0.5, 0.6) is 0 Å². The van der Waals surface area contributed by atoms with Gasteiger partial charge in [-0.05, 0) is 56.4 Å². The molecule has 3 saturated carbocycles. The zero-order valence-electron chi connectivity index (χ0n) is 11.1. The van der Waals surface area contributed by atoms with Gasteiger partial charge >= 0.3 is 0 Å². The van der Waals surface area contributed by atoms with E-state index in [0.717, 1.165) is 24.3 Å². The summed E-state index contributed by atoms with van der Waals surface area (Å²) in [6.45, 7) is 2.06. The minimum atomic E-state index is 0.306. The summed E-state index contributed by atoms with van der Waals surface area (Å²) < 4.78 is 0. The zero-order valence-corrected chi connectivity index (χ0v) is 11.1. The van der Waals surface area contributed by atoms with Gasteiger partial charge in [0.2, 0.25) is 0 Å². The fourth-order valence-corrected chi connectivity index (χ4v) is 3.74. The molecule has 2 atom stereocenters. The van der Waals surface area contributed by atoms with Crippen molar-refractivity contribution >= 4 is 0 Å². The molecule has 0 amide bonds. The molecule has 98 valence electrons. The normalized spacial score (nSPS) is 38.3. The molecule has 3 aliphatic rings. The number of rotatable bonds is 6. The Labute approximate surface area is 106 Å². The highest BCUT2D eigenvalue weighted by molar-refractivity contribution is 4.98. The van der Waals surface area contributed by atoms with Crippen LogP contribution in [0.1, 0.15) is 57.8 Å². The topological polar surface area (TPSA) is 38.0 Å². The molecule has 0 saturated heterocycles. The van der Waals surface area contributed by atoms with E-state index >= 15 is 0 Å². The first kappa shape index (κ1) is 12.0. The summed E-state index contributed by atoms with van der Waals surface area (Å²) in [6, 6.07) is 0. The maximum atomic E-state index is 6.09. The monoisotopic (exact) mass is 236 g/mol. The van der Waals surface area contributed by atoms with E-state index in [1.54, 1.807) is 0 Å². The first-order valence-electron chi connectivity index (χ1n) is 7.76. The molecule has 3 rings (SSSR count). The van der Waals surface area contributed by atoms with Crippen molar-refractivity contribution in [3.8, 4) is 0 Å². The summed E-state index contributed by atoms with van der Waals surface area (Å²) in [5, 5.41) is 3.84. The van der Waals surface area contributed by atoms with Crippen molar-refractivity contribution in [1.82, 2.24) is 5.32 Å². The van der Waals surface area contributed by atoms with E-state index in [2.05, 4.69) is 5.32 Å². The number of hydrogen-bond donors (Lipinski definition) is 2. The van der Waals surface area contributed by atoms with E-state index in [-0.39, 0.29) is 0 Å². The van der Waals surface area contributed by atoms with Gasteiger partial charge in [0.15, 0.2) is 0 Å². The lowest BCUT2D eigenvalue weighted by molar-refractivity contribution is 0.169. The highest BCUT2D eigenvalue weighted by Gasteiger charge is 2.41. The maximum absolute atomic E-state index is 6.09. The lowest BCUT2D eigenvalue weighted by Crippen LogP contribution is -2.54. The van der Waals surface area contributed by atoms with Crippen LogP contribution in [-0.4, -0.2) is 18.6 Å². The molecule has 3 aliphatic carbocycles. The molecule has 0 bridgehead atoms. The van der Waals surface area contributed by atoms with Crippen molar-refractivity contribution in [3.63, 3.8) is 0 Å². The summed E-state index contributed by atoms with van der Waals surface area (Å²) in [4.78, 5) is 0. The average molecular weight is 236 g/mol. The van der Waals surface area contributed by atoms with Crippen molar-refractivity contribution < 1.29 is 0 Å². The van der Waals surface area contributed by atoms with Gasteiger partial charge in [-0.25, -0.2) is 0 Å². The average Bonchev–Trinajstić information content (AvgIpc) is 3.22. The van der Waals surface area contributed by atoms with Crippen LogP contribution in [0.2, 0.25) is 0 Å². The van der Waals surface area contributed by atoms with E-state index in [0.29, 0.717) is 5.54 Å². The Bertz CT molecular complexity index is 258. The molecule has 17 heavy (non-hydrogen) atoms. The Morgan fingerprint density at radius 1 is 1.06 bits per heavy atom. The minimum absolute atomic E-state index is 0.306. The molecule has 0 aromatic rings. The van der Waals surface area contributed by atoms with Crippen molar-refractivity contribution in [1.29, 1.82) is 0 Å². The summed E-state index contributed by atoms with van der Waals surface area (Å²) in [5.41, 5.74) is 6.40. The number of nitrogens with two attached hydrogens (primary N) is 1. The smallest absolute Gasteiger partial charge is 0.0306 e. The molecular weight excluding hydrogens is 208 g/mol. The molecule has 3 N–H and O–H groups in total. The first-order chi connectivity index (χ1) is 8.31. The second-order valence-electron chi connectivity index (χ2n) is 6.84. The molecular formula is C15H28N2. The molecule has 2 unspecified atom stereocenters. The van der Waals surface area contributed by atoms with Gasteiger partial charge in [0.1, 0.15) is 0 Å². The standard InChI is InChI=1S/C15H28N2/c16-11-15(17-9-7-12-3-4-12)8-1-2-14(10-15)13-5-6-13/h12-14,17H,1-11,16H2. The van der Waals surface area contributed by atoms with E-state index < -0.39 is 0 Å². The predicted molar refractivity (Wildman–Crippen MR) is 71.8 cm³/mol. The van der Waals surface area contributed by atoms with E-state index in [1.807, 2.05) is 0 Å². The molecule has 2 heteroatoms. The largest absolute Gasteiger partial charge is 0.329 e. The summed E-state index contributed by atoms with van der Waals surface area (Å²) in [7, 11) is 0. The second-order valence-corrected chi connectivity index (χ2v) is 6.84. The highest BCUT2D eigenvalue weighted by atomic mass is 15.0. The van der Waals surface area contributed by atoms with Crippen LogP contribution in [0.15, 0.2) is 0 Å². The van der Waals surface area contributed by atoms with E-state index in [9.17, 15) is 0 Å². The molecule has 2 nitrogen and oxygen atoms in total. The molecule has 0 aromatic carbocycles. The summed E-state index contributed by atoms with van der Waals surface area (Å²) in [6.07, 6.45) is 12.9. The Hall–Kier alpha value is -0.0800. The Balaban J connectivity index is 1.50. The first-order valence-corrected chi connectivity index (χ1v) is 7.76. The van der Waals surface area contributed by atoms with Crippen molar-refractivity contribution in [3.05, 3.63) is 0 Å². The van der Waals surface area contributed by atoms with Gasteiger partial charge < -0.3 is 11.1 Å². The SMILES string of the molecule is NCC1(NCCC2CC2)CCCC(C2CC2)C1. The second kappa shape index (κ2) is 4.89. The maximum Gasteiger partial charge on any atom is 0.0306 e. The molecule has 0 aromatic heterocycles. The Morgan fingerprint density at radius 2 is 1.88 bits per heavy atom. The summed E-state index contributed by atoms with van der Waals surface area (Å²) >= 11 is 0. The Morgan fingerprint density at radius 3 is 2.53 bits per heavy atom. The third kappa shape index (κ3) is 3.03. The van der Waals surface area contributed by atoms with Crippen LogP contribution >= 0.6 is 0 Å². The zero-order chi connectivity index (χ0) is 11.7. The van der Waals surface area contributed by atoms with Crippen molar-refractivity contribution in [2.75, 3.05) is 13.1 Å². The lowest BCUT2D eigenvalue weighted by atomic mass is 9.73. The van der Waals surface area contributed by atoms with E-state index in [1.165, 1.54) is 64.3 Å². The number of nitrogens with one attached hydrogen (secondary N) is 1. The van der Waals surface area contributed by atoms with Crippen LogP contribution in [0.3, 0.4) is 0 Å². The van der Waals surface area contributed by atoms with Crippen LogP contribution in [0.4, 0.5) is 0 Å². The highest BCUT2D eigenvalue weighted by Crippen LogP contribution is 2.46. The number of hydrogen-bond acceptors (Lipinski definition) is 2. The van der Waals surface area contributed by atoms with Gasteiger partial charge in [-0.1, -0.05) is 25.7 Å². The molecule has 0 aliphatic heterocycles. The minimum Gasteiger partial charge on any atom is -0.329 e. The fraction of sp³-hybridized carbons (Fsp3) is 1.00. The lowest BCUT2D eigenvalue weighted by Gasteiger charge is -2.41. The summed E-state index contributed by atoms with van der Waals surface area (Å²) in [5.74, 6) is 3.09. The molecule has 3 fully saturated rings. The molecule has 0 spiro atoms. The molecule has 0 radical (unpaired) electrons. The van der Waals surface area contributed by atoms with Gasteiger partial charge in [0.05, 0.1) is 0 Å². The Kier molecular flexibility index (Phi) is 3.45. The quantitative estimate of drug-likeness (QED) is 0.744. The van der Waals surface area contributed by atoms with Crippen LogP contribution < -0.4 is 11.1 Å². The predicted octanol–water partition coefficient (Wildman–Crippen LogP) is 2.67. The fourth-order valence-electron chi connectivity index (χ4n) is 3.74. The van der Waals surface area contributed by atoms with Gasteiger partial charge in [0, 0.05) is 12.1 Å². The molecule has 0 heterocycles. The van der Waals surface area contributed by atoms with Gasteiger partial charge in [-0.15, -0.1) is 0 Å². The van der Waals surface area contributed by atoms with Crippen LogP contribution in [0, 0.1) is 17.8 Å². The van der Waals surface area contributed by atoms with Gasteiger partial charge in [-0.2, -0.15) is 0 Å². The van der Waals surface area contributed by atoms with Crippen LogP contribution in [-0.2, 0) is 0 Å². The third-order valence-corrected chi connectivity index (χ3v) is 5.31. The van der Waals surface area contributed by atoms with Crippen molar-refractivity contribution in [2.45, 2.75) is 63.3 Å². The van der Waals surface area contributed by atoms with Gasteiger partial charge in [-0.3, -0.25) is 0 Å². The van der Waals surface area contributed by atoms with Gasteiger partial charge in [0.25, 0.3) is 0 Å². The van der Waals surface area contributed by atoms with Crippen LogP contribution in [0.25, 0.3) is 0 Å².